The summed E-state index contributed by atoms with van der Waals surface area (Å²) in [7, 11) is 0. The van der Waals surface area contributed by atoms with Crippen molar-refractivity contribution in [3.05, 3.63) is 29.8 Å². The zero-order valence-electron chi connectivity index (χ0n) is 10.3. The van der Waals surface area contributed by atoms with Crippen LogP contribution in [0.1, 0.15) is 12.5 Å². The molecule has 1 aromatic rings. The number of rotatable bonds is 4. The van der Waals surface area contributed by atoms with Gasteiger partial charge in [-0.2, -0.15) is 0 Å². The molecular weight excluding hydrogens is 236 g/mol. The Morgan fingerprint density at radius 3 is 2.41 bits per heavy atom. The molecule has 3 nitrogen and oxygen atoms in total. The molecule has 0 unspecified atom stereocenters. The minimum Gasteiger partial charge on any atom is -1.00 e. The molecule has 1 saturated heterocycles. The Labute approximate surface area is 110 Å². The van der Waals surface area contributed by atoms with E-state index in [4.69, 9.17) is 4.74 Å². The predicted octanol–water partition coefficient (Wildman–Crippen LogP) is -1.51. The van der Waals surface area contributed by atoms with Crippen molar-refractivity contribution in [3.8, 4) is 5.75 Å². The van der Waals surface area contributed by atoms with Gasteiger partial charge >= 0.3 is 0 Å². The molecule has 0 bridgehead atoms. The Morgan fingerprint density at radius 2 is 1.82 bits per heavy atom. The molecule has 2 rings (SSSR count). The molecule has 1 N–H and O–H groups in total. The summed E-state index contributed by atoms with van der Waals surface area (Å²) in [5.74, 6) is 0.964. The summed E-state index contributed by atoms with van der Waals surface area (Å²) < 4.78 is 5.43. The molecule has 17 heavy (non-hydrogen) atoms. The summed E-state index contributed by atoms with van der Waals surface area (Å²) in [5.41, 5.74) is 1.37. The van der Waals surface area contributed by atoms with Crippen LogP contribution in [0.5, 0.6) is 5.75 Å². The van der Waals surface area contributed by atoms with Crippen molar-refractivity contribution in [1.82, 2.24) is 10.2 Å². The van der Waals surface area contributed by atoms with Gasteiger partial charge in [0.15, 0.2) is 0 Å². The topological polar surface area (TPSA) is 24.5 Å². The van der Waals surface area contributed by atoms with Crippen LogP contribution in [0.2, 0.25) is 0 Å². The highest BCUT2D eigenvalue weighted by Crippen LogP contribution is 2.13. The van der Waals surface area contributed by atoms with Crippen molar-refractivity contribution < 1.29 is 17.1 Å². The summed E-state index contributed by atoms with van der Waals surface area (Å²) in [6.07, 6.45) is 0. The minimum atomic E-state index is 0. The summed E-state index contributed by atoms with van der Waals surface area (Å²) >= 11 is 0. The molecule has 1 fully saturated rings. The van der Waals surface area contributed by atoms with E-state index in [1.54, 1.807) is 0 Å². The van der Waals surface area contributed by atoms with Crippen LogP contribution in [-0.4, -0.2) is 37.7 Å². The lowest BCUT2D eigenvalue weighted by Crippen LogP contribution is -3.00. The van der Waals surface area contributed by atoms with Crippen LogP contribution in [0.3, 0.4) is 0 Å². The van der Waals surface area contributed by atoms with E-state index in [2.05, 4.69) is 34.5 Å². The van der Waals surface area contributed by atoms with Gasteiger partial charge in [0.25, 0.3) is 0 Å². The molecule has 1 aliphatic rings. The third kappa shape index (κ3) is 4.54. The molecule has 0 amide bonds. The molecule has 0 radical (unpaired) electrons. The first-order chi connectivity index (χ1) is 7.88. The third-order valence-corrected chi connectivity index (χ3v) is 2.85. The highest BCUT2D eigenvalue weighted by Gasteiger charge is 2.09. The van der Waals surface area contributed by atoms with Crippen LogP contribution in [0.4, 0.5) is 0 Å². The Kier molecular flexibility index (Phi) is 6.34. The van der Waals surface area contributed by atoms with Gasteiger partial charge in [-0.3, -0.25) is 4.90 Å². The number of ether oxygens (including phenoxy) is 1. The van der Waals surface area contributed by atoms with E-state index in [9.17, 15) is 0 Å². The Bertz CT molecular complexity index is 310. The van der Waals surface area contributed by atoms with Crippen LogP contribution in [0, 0.1) is 0 Å². The highest BCUT2D eigenvalue weighted by molar-refractivity contribution is 5.27. The number of piperazine rings is 1. The smallest absolute Gasteiger partial charge is 0.119 e. The molecular formula is C13H20ClN2O-. The molecule has 0 spiro atoms. The van der Waals surface area contributed by atoms with Crippen molar-refractivity contribution in [2.24, 2.45) is 0 Å². The van der Waals surface area contributed by atoms with Gasteiger partial charge in [0.2, 0.25) is 0 Å². The standard InChI is InChI=1S/C13H20N2O.ClH/c1-2-16-13-5-3-12(4-6-13)11-15-9-7-14-8-10-15;/h3-6,14H,2,7-11H2,1H3;1H/p-1. The molecule has 1 heterocycles. The Hall–Kier alpha value is -0.770. The maximum atomic E-state index is 5.43. The number of nitrogens with one attached hydrogen (secondary N) is 1. The summed E-state index contributed by atoms with van der Waals surface area (Å²) in [4.78, 5) is 2.48. The average molecular weight is 256 g/mol. The first-order valence-electron chi connectivity index (χ1n) is 6.03. The molecule has 0 atom stereocenters. The van der Waals surface area contributed by atoms with Crippen LogP contribution in [-0.2, 0) is 6.54 Å². The normalized spacial score (nSPS) is 16.3. The number of hydrogen-bond donors (Lipinski definition) is 1. The monoisotopic (exact) mass is 255 g/mol. The minimum absolute atomic E-state index is 0. The van der Waals surface area contributed by atoms with Gasteiger partial charge < -0.3 is 22.5 Å². The van der Waals surface area contributed by atoms with Gasteiger partial charge in [-0.1, -0.05) is 12.1 Å². The number of halogens is 1. The van der Waals surface area contributed by atoms with Gasteiger partial charge in [0, 0.05) is 32.7 Å². The van der Waals surface area contributed by atoms with Gasteiger partial charge in [0.05, 0.1) is 6.61 Å². The fourth-order valence-corrected chi connectivity index (χ4v) is 1.99. The molecule has 0 saturated carbocycles. The Morgan fingerprint density at radius 1 is 1.18 bits per heavy atom. The lowest BCUT2D eigenvalue weighted by atomic mass is 10.2. The molecule has 1 aliphatic heterocycles. The van der Waals surface area contributed by atoms with E-state index in [1.165, 1.54) is 5.56 Å². The molecule has 4 heteroatoms. The maximum Gasteiger partial charge on any atom is 0.119 e. The van der Waals surface area contributed by atoms with E-state index in [1.807, 2.05) is 6.92 Å². The van der Waals surface area contributed by atoms with Crippen molar-refractivity contribution in [2.45, 2.75) is 13.5 Å². The fraction of sp³-hybridized carbons (Fsp3) is 0.538. The van der Waals surface area contributed by atoms with Crippen molar-refractivity contribution in [2.75, 3.05) is 32.8 Å². The fourth-order valence-electron chi connectivity index (χ4n) is 1.99. The second kappa shape index (κ2) is 7.54. The molecule has 0 aliphatic carbocycles. The van der Waals surface area contributed by atoms with Crippen molar-refractivity contribution >= 4 is 0 Å². The van der Waals surface area contributed by atoms with E-state index in [0.29, 0.717) is 0 Å². The third-order valence-electron chi connectivity index (χ3n) is 2.85. The first kappa shape index (κ1) is 14.3. The zero-order valence-corrected chi connectivity index (χ0v) is 11.0. The summed E-state index contributed by atoms with van der Waals surface area (Å²) in [5, 5.41) is 3.36. The lowest BCUT2D eigenvalue weighted by Gasteiger charge is -2.27. The van der Waals surface area contributed by atoms with Crippen molar-refractivity contribution in [3.63, 3.8) is 0 Å². The van der Waals surface area contributed by atoms with Crippen LogP contribution in [0.25, 0.3) is 0 Å². The number of benzene rings is 1. The van der Waals surface area contributed by atoms with Gasteiger partial charge in [-0.25, -0.2) is 0 Å². The van der Waals surface area contributed by atoms with E-state index in [-0.39, 0.29) is 12.4 Å². The lowest BCUT2D eigenvalue weighted by molar-refractivity contribution is -0.00000395. The van der Waals surface area contributed by atoms with Gasteiger partial charge in [-0.15, -0.1) is 0 Å². The maximum absolute atomic E-state index is 5.43. The van der Waals surface area contributed by atoms with E-state index in [0.717, 1.165) is 45.1 Å². The Balaban J connectivity index is 0.00000144. The first-order valence-corrected chi connectivity index (χ1v) is 6.03. The predicted molar refractivity (Wildman–Crippen MR) is 65.8 cm³/mol. The number of nitrogens with zero attached hydrogens (tertiary/aromatic N) is 1. The van der Waals surface area contributed by atoms with Gasteiger partial charge in [-0.05, 0) is 24.6 Å². The average Bonchev–Trinajstić information content (AvgIpc) is 2.33. The second-order valence-electron chi connectivity index (χ2n) is 4.10. The summed E-state index contributed by atoms with van der Waals surface area (Å²) in [6.45, 7) is 8.30. The van der Waals surface area contributed by atoms with E-state index >= 15 is 0 Å². The SMILES string of the molecule is CCOc1ccc(CN2CCNCC2)cc1.[Cl-]. The van der Waals surface area contributed by atoms with Crippen LogP contribution < -0.4 is 22.5 Å². The largest absolute Gasteiger partial charge is 1.00 e. The summed E-state index contributed by atoms with van der Waals surface area (Å²) in [6, 6.07) is 8.43. The quantitative estimate of drug-likeness (QED) is 0.709. The second-order valence-corrected chi connectivity index (χ2v) is 4.10. The molecule has 96 valence electrons. The highest BCUT2D eigenvalue weighted by atomic mass is 35.5. The zero-order chi connectivity index (χ0) is 11.2. The molecule has 1 aromatic carbocycles. The van der Waals surface area contributed by atoms with Crippen LogP contribution >= 0.6 is 0 Å². The van der Waals surface area contributed by atoms with Gasteiger partial charge in [0.1, 0.15) is 5.75 Å². The molecule has 0 aromatic heterocycles. The van der Waals surface area contributed by atoms with Crippen molar-refractivity contribution in [1.29, 1.82) is 0 Å². The van der Waals surface area contributed by atoms with E-state index < -0.39 is 0 Å². The van der Waals surface area contributed by atoms with Crippen LogP contribution in [0.15, 0.2) is 24.3 Å². The number of hydrogen-bond acceptors (Lipinski definition) is 3.